The maximum Gasteiger partial charge on any atom is 0.513 e. The fourth-order valence-corrected chi connectivity index (χ4v) is 3.62. The van der Waals surface area contributed by atoms with Gasteiger partial charge in [0.1, 0.15) is 12.1 Å². The molecule has 0 heterocycles. The summed E-state index contributed by atoms with van der Waals surface area (Å²) in [4.78, 5) is 48.3. The Hall–Kier alpha value is -3.54. The first-order valence-electron chi connectivity index (χ1n) is 13.8. The van der Waals surface area contributed by atoms with Crippen LogP contribution in [0.25, 0.3) is 0 Å². The van der Waals surface area contributed by atoms with Crippen molar-refractivity contribution in [1.29, 1.82) is 0 Å². The lowest BCUT2D eigenvalue weighted by Gasteiger charge is -2.25. The van der Waals surface area contributed by atoms with Crippen molar-refractivity contribution in [3.63, 3.8) is 0 Å². The zero-order valence-corrected chi connectivity index (χ0v) is 23.8. The summed E-state index contributed by atoms with van der Waals surface area (Å²) in [6.07, 6.45) is 1.90. The van der Waals surface area contributed by atoms with E-state index in [2.05, 4.69) is 0 Å². The van der Waals surface area contributed by atoms with Gasteiger partial charge in [-0.3, -0.25) is 4.79 Å². The second kappa shape index (κ2) is 19.5. The molecule has 0 aliphatic rings. The number of hydrogen-bond donors (Lipinski definition) is 2. The average molecular weight is 570 g/mol. The molecule has 0 aliphatic carbocycles. The van der Waals surface area contributed by atoms with Gasteiger partial charge in [0, 0.05) is 5.92 Å². The van der Waals surface area contributed by atoms with Gasteiger partial charge < -0.3 is 39.3 Å². The number of carboxylic acids is 1. The van der Waals surface area contributed by atoms with Crippen molar-refractivity contribution in [2.45, 2.75) is 97.1 Å². The Morgan fingerprint density at radius 3 is 1.85 bits per heavy atom. The minimum absolute atomic E-state index is 0.00920. The molecule has 12 nitrogen and oxygen atoms in total. The van der Waals surface area contributed by atoms with E-state index in [4.69, 9.17) is 34.2 Å². The van der Waals surface area contributed by atoms with Gasteiger partial charge in [0.2, 0.25) is 0 Å². The van der Waals surface area contributed by atoms with Crippen LogP contribution in [0.4, 0.5) is 14.4 Å². The van der Waals surface area contributed by atoms with E-state index in [0.717, 1.165) is 25.7 Å². The molecule has 0 bridgehead atoms. The molecular weight excluding hydrogens is 526 g/mol. The molecule has 1 rings (SSSR count). The highest BCUT2D eigenvalue weighted by Gasteiger charge is 2.30. The lowest BCUT2D eigenvalue weighted by Crippen LogP contribution is -2.38. The number of hydrogen-bond acceptors (Lipinski definition) is 11. The minimum atomic E-state index is -1.40. The van der Waals surface area contributed by atoms with Crippen molar-refractivity contribution >= 4 is 24.4 Å². The van der Waals surface area contributed by atoms with Gasteiger partial charge in [0.15, 0.2) is 11.5 Å². The summed E-state index contributed by atoms with van der Waals surface area (Å²) in [5, 5.41) is 9.63. The molecule has 1 aromatic carbocycles. The van der Waals surface area contributed by atoms with Crippen LogP contribution < -0.4 is 15.2 Å². The van der Waals surface area contributed by atoms with E-state index in [1.807, 2.05) is 20.8 Å². The predicted molar refractivity (Wildman–Crippen MR) is 145 cm³/mol. The lowest BCUT2D eigenvalue weighted by molar-refractivity contribution is -0.139. The van der Waals surface area contributed by atoms with Crippen molar-refractivity contribution in [3.05, 3.63) is 23.8 Å². The molecule has 0 aromatic heterocycles. The normalized spacial score (nSPS) is 12.9. The third-order valence-corrected chi connectivity index (χ3v) is 5.74. The largest absolute Gasteiger partial charge is 0.513 e. The Kier molecular flexibility index (Phi) is 16.8. The minimum Gasteiger partial charge on any atom is -0.480 e. The number of aliphatic carboxylic acids is 1. The number of carboxylic acid groups (broad SMARTS) is 1. The smallest absolute Gasteiger partial charge is 0.480 e. The van der Waals surface area contributed by atoms with E-state index >= 15 is 0 Å². The zero-order chi connectivity index (χ0) is 29.9. The van der Waals surface area contributed by atoms with E-state index in [1.54, 1.807) is 6.92 Å². The molecule has 3 atom stereocenters. The molecule has 1 aromatic rings. The molecule has 0 amide bonds. The highest BCUT2D eigenvalue weighted by atomic mass is 16.7. The molecule has 0 saturated heterocycles. The number of carbonyl (C=O) groups excluding carboxylic acids is 3. The molecule has 12 heteroatoms. The van der Waals surface area contributed by atoms with Crippen LogP contribution in [0.15, 0.2) is 18.2 Å². The lowest BCUT2D eigenvalue weighted by atomic mass is 9.87. The molecule has 40 heavy (non-hydrogen) atoms. The number of rotatable bonds is 18. The second-order valence-electron chi connectivity index (χ2n) is 9.25. The van der Waals surface area contributed by atoms with E-state index in [-0.39, 0.29) is 37.7 Å². The van der Waals surface area contributed by atoms with Gasteiger partial charge in [-0.1, -0.05) is 52.5 Å². The van der Waals surface area contributed by atoms with Gasteiger partial charge in [0.05, 0.1) is 19.8 Å². The molecular formula is C28H43NO11. The van der Waals surface area contributed by atoms with E-state index in [1.165, 1.54) is 18.2 Å². The summed E-state index contributed by atoms with van der Waals surface area (Å²) in [6.45, 7) is 7.91. The first-order chi connectivity index (χ1) is 19.1. The Bertz CT molecular complexity index is 937. The van der Waals surface area contributed by atoms with Gasteiger partial charge >= 0.3 is 24.4 Å². The molecule has 0 aliphatic heterocycles. The van der Waals surface area contributed by atoms with Crippen molar-refractivity contribution in [2.75, 3.05) is 19.8 Å². The maximum atomic E-state index is 12.4. The Morgan fingerprint density at radius 1 is 0.775 bits per heavy atom. The highest BCUT2D eigenvalue weighted by Crippen LogP contribution is 2.35. The topological polar surface area (TPSA) is 170 Å². The van der Waals surface area contributed by atoms with Gasteiger partial charge in [-0.15, -0.1) is 0 Å². The molecule has 0 spiro atoms. The first kappa shape index (κ1) is 34.5. The quantitative estimate of drug-likeness (QED) is 0.0925. The summed E-state index contributed by atoms with van der Waals surface area (Å²) in [5.74, 6) is -2.50. The van der Waals surface area contributed by atoms with Gasteiger partial charge in [0.25, 0.3) is 0 Å². The monoisotopic (exact) mass is 569 g/mol. The fraction of sp³-hybridized carbons (Fsp3) is 0.643. The van der Waals surface area contributed by atoms with E-state index in [0.29, 0.717) is 24.8 Å². The number of unbranched alkanes of at least 4 members (excludes halogenated alkanes) is 4. The van der Waals surface area contributed by atoms with Crippen molar-refractivity contribution in [1.82, 2.24) is 0 Å². The number of benzene rings is 1. The van der Waals surface area contributed by atoms with Gasteiger partial charge in [-0.25, -0.2) is 14.4 Å². The number of carbonyl (C=O) groups is 4. The van der Waals surface area contributed by atoms with Crippen molar-refractivity contribution in [3.8, 4) is 11.5 Å². The second-order valence-corrected chi connectivity index (χ2v) is 9.25. The molecule has 2 unspecified atom stereocenters. The first-order valence-corrected chi connectivity index (χ1v) is 13.8. The zero-order valence-electron chi connectivity index (χ0n) is 23.8. The average Bonchev–Trinajstić information content (AvgIpc) is 2.91. The van der Waals surface area contributed by atoms with Crippen molar-refractivity contribution < 1.29 is 52.7 Å². The summed E-state index contributed by atoms with van der Waals surface area (Å²) < 4.78 is 30.9. The van der Waals surface area contributed by atoms with E-state index in [9.17, 15) is 24.3 Å². The van der Waals surface area contributed by atoms with Crippen LogP contribution in [0.2, 0.25) is 0 Å². The molecule has 226 valence electrons. The molecule has 3 N–H and O–H groups in total. The third-order valence-electron chi connectivity index (χ3n) is 5.74. The van der Waals surface area contributed by atoms with Crippen LogP contribution in [-0.4, -0.2) is 61.5 Å². The summed E-state index contributed by atoms with van der Waals surface area (Å²) in [5.41, 5.74) is 6.32. The SMILES string of the molecule is CCCCCOC(=O)Oc1ccc(C(CC(C)OC(=O)OCCC)[C@H](N)C(=O)O)cc1OC(=O)OCCCCC. The number of nitrogens with two attached hydrogens (primary N) is 1. The molecule has 0 saturated carbocycles. The number of ether oxygens (including phenoxy) is 6. The highest BCUT2D eigenvalue weighted by molar-refractivity contribution is 5.75. The van der Waals surface area contributed by atoms with Crippen LogP contribution in [0.1, 0.15) is 90.5 Å². The molecule has 0 fully saturated rings. The van der Waals surface area contributed by atoms with Gasteiger partial charge in [-0.2, -0.15) is 0 Å². The van der Waals surface area contributed by atoms with E-state index < -0.39 is 42.5 Å². The predicted octanol–water partition coefficient (Wildman–Crippen LogP) is 5.94. The summed E-state index contributed by atoms with van der Waals surface area (Å²) >= 11 is 0. The molecule has 0 radical (unpaired) electrons. The Balaban J connectivity index is 3.20. The van der Waals surface area contributed by atoms with Gasteiger partial charge in [-0.05, 0) is 50.3 Å². The Morgan fingerprint density at radius 2 is 1.32 bits per heavy atom. The fourth-order valence-electron chi connectivity index (χ4n) is 3.62. The third kappa shape index (κ3) is 13.5. The van der Waals surface area contributed by atoms with Crippen LogP contribution in [0.3, 0.4) is 0 Å². The Labute approximate surface area is 235 Å². The summed E-state index contributed by atoms with van der Waals surface area (Å²) in [7, 11) is 0. The van der Waals surface area contributed by atoms with Crippen LogP contribution >= 0.6 is 0 Å². The van der Waals surface area contributed by atoms with Crippen LogP contribution in [-0.2, 0) is 23.7 Å². The van der Waals surface area contributed by atoms with Crippen LogP contribution in [0.5, 0.6) is 11.5 Å². The van der Waals surface area contributed by atoms with Crippen LogP contribution in [0, 0.1) is 0 Å². The standard InChI is InChI=1S/C28H43NO11/c1-5-8-10-15-36-27(33)39-22-13-12-20(18-23(22)40-28(34)37-16-11-9-6-2)21(24(29)25(30)31)17-19(4)38-26(32)35-14-7-3/h12-13,18-19,21,24H,5-11,14-17,29H2,1-4H3,(H,30,31)/t19?,21?,24-/m0/s1. The maximum absolute atomic E-state index is 12.4. The van der Waals surface area contributed by atoms with Crippen molar-refractivity contribution in [2.24, 2.45) is 5.73 Å². The summed E-state index contributed by atoms with van der Waals surface area (Å²) in [6, 6.07) is 2.75.